The largest absolute Gasteiger partial charge is 0.494 e. The van der Waals surface area contributed by atoms with Crippen LogP contribution in [0.4, 0.5) is 8.78 Å². The van der Waals surface area contributed by atoms with Crippen molar-refractivity contribution in [1.82, 2.24) is 24.7 Å². The number of fused-ring (bicyclic) bond motifs is 1. The number of aromatic nitrogens is 5. The lowest BCUT2D eigenvalue weighted by molar-refractivity contribution is -0.0500. The molecule has 0 radical (unpaired) electrons. The molecule has 0 saturated carbocycles. The van der Waals surface area contributed by atoms with Crippen molar-refractivity contribution in [2.24, 2.45) is 0 Å². The van der Waals surface area contributed by atoms with E-state index in [-0.39, 0.29) is 11.6 Å². The van der Waals surface area contributed by atoms with Crippen molar-refractivity contribution in [3.8, 4) is 28.7 Å². The van der Waals surface area contributed by atoms with Crippen molar-refractivity contribution in [3.63, 3.8) is 0 Å². The highest BCUT2D eigenvalue weighted by molar-refractivity contribution is 5.87. The van der Waals surface area contributed by atoms with E-state index < -0.39 is 6.61 Å². The molecule has 0 aliphatic carbocycles. The smallest absolute Gasteiger partial charge is 0.387 e. The summed E-state index contributed by atoms with van der Waals surface area (Å²) in [5, 5.41) is 17.5. The Bertz CT molecular complexity index is 1030. The number of H-pyrrole nitrogens is 1. The maximum Gasteiger partial charge on any atom is 0.387 e. The van der Waals surface area contributed by atoms with Crippen LogP contribution in [0.3, 0.4) is 0 Å². The quantitative estimate of drug-likeness (QED) is 0.594. The van der Waals surface area contributed by atoms with Gasteiger partial charge >= 0.3 is 6.61 Å². The van der Waals surface area contributed by atoms with E-state index in [1.807, 2.05) is 0 Å². The van der Waals surface area contributed by atoms with Gasteiger partial charge in [-0.1, -0.05) is 0 Å². The second-order valence-corrected chi connectivity index (χ2v) is 5.18. The second kappa shape index (κ2) is 5.86. The van der Waals surface area contributed by atoms with Crippen LogP contribution in [0.5, 0.6) is 11.6 Å². The van der Waals surface area contributed by atoms with E-state index in [4.69, 9.17) is 0 Å². The predicted molar refractivity (Wildman–Crippen MR) is 84.7 cm³/mol. The lowest BCUT2D eigenvalue weighted by Crippen LogP contribution is -2.02. The molecule has 4 rings (SSSR count). The first-order valence-electron chi connectivity index (χ1n) is 7.23. The summed E-state index contributed by atoms with van der Waals surface area (Å²) in [5.41, 5.74) is 1.57. The minimum Gasteiger partial charge on any atom is -0.494 e. The van der Waals surface area contributed by atoms with Crippen LogP contribution < -0.4 is 4.74 Å². The maximum absolute atomic E-state index is 12.3. The molecule has 0 spiro atoms. The van der Waals surface area contributed by atoms with Crippen molar-refractivity contribution in [3.05, 3.63) is 49.1 Å². The summed E-state index contributed by atoms with van der Waals surface area (Å²) < 4.78 is 30.6. The molecule has 0 aliphatic heterocycles. The fourth-order valence-corrected chi connectivity index (χ4v) is 2.53. The van der Waals surface area contributed by atoms with Gasteiger partial charge in [-0.2, -0.15) is 13.9 Å². The average Bonchev–Trinajstić information content (AvgIpc) is 3.22. The molecule has 0 bridgehead atoms. The Morgan fingerprint density at radius 3 is 2.84 bits per heavy atom. The Kier molecular flexibility index (Phi) is 3.53. The minimum absolute atomic E-state index is 0.0196. The van der Waals surface area contributed by atoms with Crippen LogP contribution >= 0.6 is 0 Å². The van der Waals surface area contributed by atoms with Crippen LogP contribution in [0.25, 0.3) is 28.0 Å². The van der Waals surface area contributed by atoms with Gasteiger partial charge in [-0.15, -0.1) is 0 Å². The molecule has 0 aliphatic rings. The highest BCUT2D eigenvalue weighted by atomic mass is 19.3. The van der Waals surface area contributed by atoms with E-state index in [0.717, 1.165) is 0 Å². The van der Waals surface area contributed by atoms with Crippen molar-refractivity contribution in [2.75, 3.05) is 0 Å². The first kappa shape index (κ1) is 15.1. The van der Waals surface area contributed by atoms with Crippen LogP contribution in [-0.2, 0) is 0 Å². The Morgan fingerprint density at radius 2 is 2.08 bits per heavy atom. The number of aromatic amines is 1. The van der Waals surface area contributed by atoms with Gasteiger partial charge in [0.2, 0.25) is 5.88 Å². The number of hydrogen-bond donors (Lipinski definition) is 2. The molecular weight excluding hydrogens is 332 g/mol. The third kappa shape index (κ3) is 2.75. The number of ether oxygens (including phenoxy) is 1. The summed E-state index contributed by atoms with van der Waals surface area (Å²) in [4.78, 5) is 8.35. The molecule has 0 fully saturated rings. The maximum atomic E-state index is 12.3. The van der Waals surface area contributed by atoms with Crippen molar-refractivity contribution >= 4 is 10.9 Å². The third-order valence-corrected chi connectivity index (χ3v) is 3.62. The number of hydrogen-bond acceptors (Lipinski definition) is 5. The first-order chi connectivity index (χ1) is 12.1. The van der Waals surface area contributed by atoms with E-state index in [1.165, 1.54) is 23.0 Å². The van der Waals surface area contributed by atoms with Gasteiger partial charge in [0.1, 0.15) is 11.6 Å². The van der Waals surface area contributed by atoms with E-state index in [0.29, 0.717) is 28.0 Å². The molecule has 126 valence electrons. The normalized spacial score (nSPS) is 11.3. The van der Waals surface area contributed by atoms with Gasteiger partial charge < -0.3 is 9.84 Å². The van der Waals surface area contributed by atoms with Crippen LogP contribution in [0.1, 0.15) is 0 Å². The van der Waals surface area contributed by atoms with E-state index in [2.05, 4.69) is 24.9 Å². The summed E-state index contributed by atoms with van der Waals surface area (Å²) in [5.74, 6) is 0.560. The summed E-state index contributed by atoms with van der Waals surface area (Å²) in [7, 11) is 0. The SMILES string of the molecule is Oc1c2ccc(-c3cncc(OC(F)F)c3)nc2cn1-c1ccn[nH]1. The molecule has 0 saturated heterocycles. The highest BCUT2D eigenvalue weighted by Crippen LogP contribution is 2.31. The summed E-state index contributed by atoms with van der Waals surface area (Å²) >= 11 is 0. The number of halogens is 2. The van der Waals surface area contributed by atoms with Crippen LogP contribution in [0, 0.1) is 0 Å². The molecule has 0 amide bonds. The summed E-state index contributed by atoms with van der Waals surface area (Å²) in [6.07, 6.45) is 5.92. The molecule has 4 heterocycles. The molecular formula is C16H11F2N5O2. The van der Waals surface area contributed by atoms with Gasteiger partial charge in [-0.25, -0.2) is 4.98 Å². The zero-order chi connectivity index (χ0) is 17.4. The molecule has 7 nitrogen and oxygen atoms in total. The number of rotatable bonds is 4. The molecule has 25 heavy (non-hydrogen) atoms. The Balaban J connectivity index is 1.77. The lowest BCUT2D eigenvalue weighted by atomic mass is 10.1. The zero-order valence-corrected chi connectivity index (χ0v) is 12.6. The second-order valence-electron chi connectivity index (χ2n) is 5.18. The van der Waals surface area contributed by atoms with Gasteiger partial charge in [0, 0.05) is 24.0 Å². The zero-order valence-electron chi connectivity index (χ0n) is 12.6. The Hall–Kier alpha value is -3.49. The number of nitrogens with one attached hydrogen (secondary N) is 1. The average molecular weight is 343 g/mol. The van der Waals surface area contributed by atoms with Gasteiger partial charge in [0.05, 0.1) is 29.0 Å². The molecule has 0 aromatic carbocycles. The molecule has 2 N–H and O–H groups in total. The number of aromatic hydroxyl groups is 1. The van der Waals surface area contributed by atoms with Gasteiger partial charge in [-0.3, -0.25) is 14.6 Å². The van der Waals surface area contributed by atoms with Crippen LogP contribution in [0.15, 0.2) is 49.1 Å². The molecule has 4 aromatic heterocycles. The third-order valence-electron chi connectivity index (χ3n) is 3.62. The summed E-state index contributed by atoms with van der Waals surface area (Å²) in [6.45, 7) is -2.92. The highest BCUT2D eigenvalue weighted by Gasteiger charge is 2.13. The monoisotopic (exact) mass is 343 g/mol. The van der Waals surface area contributed by atoms with E-state index >= 15 is 0 Å². The molecule has 4 aromatic rings. The Labute approximate surface area is 139 Å². The Morgan fingerprint density at radius 1 is 1.20 bits per heavy atom. The number of alkyl halides is 2. The van der Waals surface area contributed by atoms with Crippen LogP contribution in [0.2, 0.25) is 0 Å². The van der Waals surface area contributed by atoms with Crippen molar-refractivity contribution in [1.29, 1.82) is 0 Å². The fraction of sp³-hybridized carbons (Fsp3) is 0.0625. The van der Waals surface area contributed by atoms with Gasteiger partial charge in [0.25, 0.3) is 0 Å². The van der Waals surface area contributed by atoms with Crippen molar-refractivity contribution in [2.45, 2.75) is 6.61 Å². The molecule has 0 unspecified atom stereocenters. The van der Waals surface area contributed by atoms with E-state index in [1.54, 1.807) is 30.6 Å². The summed E-state index contributed by atoms with van der Waals surface area (Å²) in [6, 6.07) is 6.50. The standard InChI is InChI=1S/C16H11F2N5O2/c17-16(18)25-10-5-9(6-19-7-10)12-2-1-11-13(21-12)8-23(15(11)24)14-3-4-20-22-14/h1-8,16,24H,(H,20,22). The first-order valence-corrected chi connectivity index (χ1v) is 7.23. The van der Waals surface area contributed by atoms with Gasteiger partial charge in [-0.05, 0) is 18.2 Å². The van der Waals surface area contributed by atoms with Crippen molar-refractivity contribution < 1.29 is 18.6 Å². The minimum atomic E-state index is -2.92. The molecule has 0 atom stereocenters. The lowest BCUT2D eigenvalue weighted by Gasteiger charge is -2.06. The van der Waals surface area contributed by atoms with Gasteiger partial charge in [0.15, 0.2) is 0 Å². The predicted octanol–water partition coefficient (Wildman–Crippen LogP) is 3.12. The number of pyridine rings is 2. The topological polar surface area (TPSA) is 88.8 Å². The number of nitrogens with zero attached hydrogens (tertiary/aromatic N) is 4. The van der Waals surface area contributed by atoms with Crippen LogP contribution in [-0.4, -0.2) is 36.5 Å². The fourth-order valence-electron chi connectivity index (χ4n) is 2.53. The van der Waals surface area contributed by atoms with E-state index in [9.17, 15) is 13.9 Å². The molecule has 9 heteroatoms.